The molecule has 0 bridgehead atoms. The third-order valence-corrected chi connectivity index (χ3v) is 6.32. The first-order valence-corrected chi connectivity index (χ1v) is 12.6. The molecule has 0 aliphatic rings. The predicted molar refractivity (Wildman–Crippen MR) is 146 cm³/mol. The van der Waals surface area contributed by atoms with Gasteiger partial charge in [0.05, 0.1) is 19.9 Å². The molecule has 0 aromatic heterocycles. The Kier molecular flexibility index (Phi) is 10.6. The zero-order valence-electron chi connectivity index (χ0n) is 22.9. The maximum atomic E-state index is 13.7. The molecule has 2 N–H and O–H groups in total. The van der Waals surface area contributed by atoms with Crippen LogP contribution in [-0.4, -0.2) is 66.8 Å². The molecule has 10 heteroatoms. The maximum Gasteiger partial charge on any atom is 0.326 e. The van der Waals surface area contributed by atoms with E-state index in [0.717, 1.165) is 4.90 Å². The lowest BCUT2D eigenvalue weighted by Gasteiger charge is -2.34. The van der Waals surface area contributed by atoms with E-state index in [4.69, 9.17) is 21.1 Å². The number of hydrogen-bond donors (Lipinski definition) is 2. The first kappa shape index (κ1) is 30.9. The number of nitrogens with zero attached hydrogens (tertiary/aromatic N) is 2. The minimum absolute atomic E-state index is 0.179. The predicted octanol–water partition coefficient (Wildman–Crippen LogP) is 4.53. The normalized spacial score (nSPS) is 12.9. The number of rotatable bonds is 11. The number of aliphatic carboxylic acids is 1. The monoisotopic (exact) mass is 548 g/mol. The lowest BCUT2D eigenvalue weighted by Crippen LogP contribution is -2.42. The smallest absolute Gasteiger partial charge is 0.326 e. The van der Waals surface area contributed by atoms with Gasteiger partial charge in [-0.25, -0.2) is 4.79 Å². The van der Waals surface area contributed by atoms with Gasteiger partial charge in [-0.1, -0.05) is 50.6 Å². The van der Waals surface area contributed by atoms with Gasteiger partial charge in [0.25, 0.3) is 0 Å². The molecule has 1 unspecified atom stereocenters. The highest BCUT2D eigenvalue weighted by molar-refractivity contribution is 6.31. The Bertz CT molecular complexity index is 1160. The van der Waals surface area contributed by atoms with Crippen LogP contribution in [-0.2, 0) is 14.4 Å². The Morgan fingerprint density at radius 2 is 1.55 bits per heavy atom. The summed E-state index contributed by atoms with van der Waals surface area (Å²) in [4.78, 5) is 40.2. The molecule has 2 aromatic rings. The lowest BCUT2D eigenvalue weighted by molar-refractivity contribution is -0.148. The number of hydrogen-bond acceptors (Lipinski definition) is 6. The molecule has 0 radical (unpaired) electrons. The first-order chi connectivity index (χ1) is 17.7. The van der Waals surface area contributed by atoms with Crippen LogP contribution >= 0.6 is 11.6 Å². The van der Waals surface area contributed by atoms with Crippen LogP contribution in [0.5, 0.6) is 11.5 Å². The number of carboxylic acid groups (broad SMARTS) is 1. The minimum atomic E-state index is -1.21. The standard InChI is InChI=1S/C28H37ClN2O7/c1-17(27(35)36)30(5)23(32)12-13-24(33)31(16-28(2,3)4)25-20(14-18(29)15-22(25)38-7)26(34)19-10-8-9-11-21(19)37-6/h8-11,14-15,17,26,34H,12-13,16H2,1-7H3,(H,35,36)/t17?,26-/m1/s1. The Morgan fingerprint density at radius 3 is 2.11 bits per heavy atom. The van der Waals surface area contributed by atoms with E-state index in [0.29, 0.717) is 27.6 Å². The molecule has 2 amide bonds. The second kappa shape index (κ2) is 13.0. The van der Waals surface area contributed by atoms with E-state index < -0.39 is 29.9 Å². The van der Waals surface area contributed by atoms with Crippen LogP contribution < -0.4 is 14.4 Å². The maximum absolute atomic E-state index is 13.7. The highest BCUT2D eigenvalue weighted by Crippen LogP contribution is 2.43. The van der Waals surface area contributed by atoms with Crippen LogP contribution in [0.25, 0.3) is 0 Å². The summed E-state index contributed by atoms with van der Waals surface area (Å²) in [6.07, 6.45) is -1.58. The van der Waals surface area contributed by atoms with Gasteiger partial charge >= 0.3 is 5.97 Å². The molecule has 2 rings (SSSR count). The summed E-state index contributed by atoms with van der Waals surface area (Å²) in [6.45, 7) is 7.52. The van der Waals surface area contributed by atoms with Crippen molar-refractivity contribution in [2.75, 3.05) is 32.7 Å². The fourth-order valence-electron chi connectivity index (χ4n) is 3.98. The Balaban J connectivity index is 2.58. The van der Waals surface area contributed by atoms with E-state index in [2.05, 4.69) is 0 Å². The largest absolute Gasteiger partial charge is 0.496 e. The number of anilines is 1. The SMILES string of the molecule is COc1ccccc1[C@@H](O)c1cc(Cl)cc(OC)c1N(CC(C)(C)C)C(=O)CCC(=O)N(C)C(C)C(=O)O. The molecule has 208 valence electrons. The van der Waals surface area contributed by atoms with Crippen LogP contribution in [0.3, 0.4) is 0 Å². The van der Waals surface area contributed by atoms with Crippen molar-refractivity contribution in [3.63, 3.8) is 0 Å². The number of carbonyl (C=O) groups is 3. The summed E-state index contributed by atoms with van der Waals surface area (Å²) in [5, 5.41) is 21.0. The molecule has 0 aliphatic carbocycles. The third-order valence-electron chi connectivity index (χ3n) is 6.11. The van der Waals surface area contributed by atoms with Gasteiger partial charge in [-0.05, 0) is 24.5 Å². The van der Waals surface area contributed by atoms with Crippen LogP contribution in [0.15, 0.2) is 36.4 Å². The van der Waals surface area contributed by atoms with Crippen molar-refractivity contribution in [1.82, 2.24) is 4.90 Å². The minimum Gasteiger partial charge on any atom is -0.496 e. The molecule has 0 fully saturated rings. The Hall–Kier alpha value is -3.30. The molecule has 0 aliphatic heterocycles. The number of carboxylic acids is 1. The average Bonchev–Trinajstić information content (AvgIpc) is 2.87. The Morgan fingerprint density at radius 1 is 0.974 bits per heavy atom. The molecule has 0 saturated carbocycles. The quantitative estimate of drug-likeness (QED) is 0.423. The molecule has 2 atom stereocenters. The summed E-state index contributed by atoms with van der Waals surface area (Å²) in [6, 6.07) is 9.10. The highest BCUT2D eigenvalue weighted by Gasteiger charge is 2.32. The van der Waals surface area contributed by atoms with E-state index >= 15 is 0 Å². The van der Waals surface area contributed by atoms with E-state index in [1.807, 2.05) is 20.8 Å². The van der Waals surface area contributed by atoms with Gasteiger partial charge in [0.1, 0.15) is 23.6 Å². The number of amides is 2. The van der Waals surface area contributed by atoms with Gasteiger partial charge < -0.3 is 29.5 Å². The van der Waals surface area contributed by atoms with Gasteiger partial charge in [-0.3, -0.25) is 9.59 Å². The van der Waals surface area contributed by atoms with Crippen molar-refractivity contribution >= 4 is 35.1 Å². The lowest BCUT2D eigenvalue weighted by atomic mass is 9.93. The number of methoxy groups -OCH3 is 2. The van der Waals surface area contributed by atoms with Gasteiger partial charge in [-0.15, -0.1) is 0 Å². The topological polar surface area (TPSA) is 117 Å². The number of benzene rings is 2. The number of para-hydroxylation sites is 1. The summed E-state index contributed by atoms with van der Waals surface area (Å²) < 4.78 is 11.1. The highest BCUT2D eigenvalue weighted by atomic mass is 35.5. The summed E-state index contributed by atoms with van der Waals surface area (Å²) in [5.74, 6) is -1.26. The average molecular weight is 549 g/mol. The molecular formula is C28H37ClN2O7. The summed E-state index contributed by atoms with van der Waals surface area (Å²) in [7, 11) is 4.34. The van der Waals surface area contributed by atoms with E-state index in [1.165, 1.54) is 33.1 Å². The zero-order chi connectivity index (χ0) is 28.8. The number of carbonyl (C=O) groups excluding carboxylic acids is 2. The van der Waals surface area contributed by atoms with Crippen molar-refractivity contribution in [2.45, 2.75) is 52.7 Å². The van der Waals surface area contributed by atoms with E-state index in [9.17, 15) is 24.6 Å². The van der Waals surface area contributed by atoms with Crippen LogP contribution in [0.4, 0.5) is 5.69 Å². The van der Waals surface area contributed by atoms with Crippen LogP contribution in [0.2, 0.25) is 5.02 Å². The third kappa shape index (κ3) is 7.61. The molecule has 0 saturated heterocycles. The van der Waals surface area contributed by atoms with E-state index in [-0.39, 0.29) is 30.6 Å². The number of ether oxygens (including phenoxy) is 2. The van der Waals surface area contributed by atoms with Crippen LogP contribution in [0, 0.1) is 5.41 Å². The van der Waals surface area contributed by atoms with Gasteiger partial charge in [-0.2, -0.15) is 0 Å². The second-order valence-electron chi connectivity index (χ2n) is 10.2. The summed E-state index contributed by atoms with van der Waals surface area (Å²) >= 11 is 6.39. The summed E-state index contributed by atoms with van der Waals surface area (Å²) in [5.41, 5.74) is 0.767. The van der Waals surface area contributed by atoms with Crippen molar-refractivity contribution in [3.05, 3.63) is 52.5 Å². The number of aliphatic hydroxyl groups is 1. The fraction of sp³-hybridized carbons (Fsp3) is 0.464. The Labute approximate surface area is 228 Å². The van der Waals surface area contributed by atoms with Crippen molar-refractivity contribution in [1.29, 1.82) is 0 Å². The zero-order valence-corrected chi connectivity index (χ0v) is 23.7. The number of aliphatic hydroxyl groups excluding tert-OH is 1. The molecule has 2 aromatic carbocycles. The van der Waals surface area contributed by atoms with E-state index in [1.54, 1.807) is 36.4 Å². The van der Waals surface area contributed by atoms with Gasteiger partial charge in [0, 0.05) is 48.6 Å². The van der Waals surface area contributed by atoms with Crippen LogP contribution in [0.1, 0.15) is 57.8 Å². The van der Waals surface area contributed by atoms with Crippen molar-refractivity contribution < 1.29 is 34.1 Å². The number of halogens is 1. The van der Waals surface area contributed by atoms with Gasteiger partial charge in [0.2, 0.25) is 11.8 Å². The molecular weight excluding hydrogens is 512 g/mol. The molecule has 0 heterocycles. The molecule has 38 heavy (non-hydrogen) atoms. The first-order valence-electron chi connectivity index (χ1n) is 12.2. The number of likely N-dealkylation sites (N-methyl/N-ethyl adjacent to an activating group) is 1. The van der Waals surface area contributed by atoms with Gasteiger partial charge in [0.15, 0.2) is 0 Å². The van der Waals surface area contributed by atoms with Crippen molar-refractivity contribution in [3.8, 4) is 11.5 Å². The second-order valence-corrected chi connectivity index (χ2v) is 10.7. The van der Waals surface area contributed by atoms with Crippen molar-refractivity contribution in [2.24, 2.45) is 5.41 Å². The fourth-order valence-corrected chi connectivity index (χ4v) is 4.20. The molecule has 0 spiro atoms. The molecule has 9 nitrogen and oxygen atoms in total.